The lowest BCUT2D eigenvalue weighted by atomic mass is 10.1. The van der Waals surface area contributed by atoms with Crippen LogP contribution in [-0.4, -0.2) is 51.7 Å². The number of hydrogen-bond donors (Lipinski definition) is 1. The van der Waals surface area contributed by atoms with E-state index in [1.807, 2.05) is 25.3 Å². The quantitative estimate of drug-likeness (QED) is 0.299. The Morgan fingerprint density at radius 1 is 0.974 bits per heavy atom. The van der Waals surface area contributed by atoms with Gasteiger partial charge in [0.2, 0.25) is 5.91 Å². The Morgan fingerprint density at radius 2 is 1.67 bits per heavy atom. The van der Waals surface area contributed by atoms with Crippen molar-refractivity contribution >= 4 is 33.4 Å². The van der Waals surface area contributed by atoms with Crippen LogP contribution in [-0.2, 0) is 27.9 Å². The summed E-state index contributed by atoms with van der Waals surface area (Å²) in [7, 11) is -3.99. The molecule has 1 heterocycles. The number of carbonyl (C=O) groups is 1. The Balaban J connectivity index is 1.48. The van der Waals surface area contributed by atoms with E-state index < -0.39 is 10.0 Å². The molecule has 1 aliphatic rings. The van der Waals surface area contributed by atoms with Crippen molar-refractivity contribution in [3.63, 3.8) is 0 Å². The summed E-state index contributed by atoms with van der Waals surface area (Å²) in [5, 5.41) is 2.92. The monoisotopic (exact) mass is 567 g/mol. The standard InChI is InChI=1S/C30H37N3O4S2/c1-3-37-27-12-10-26(11-13-27)33(39(35,36)29-16-14-28(38-2)15-17-29)23-30(34)31-21-24-8-7-9-25(20-24)22-32-18-5-4-6-19-32/h7-17,20H,3-6,18-19,21-23H2,1-2H3,(H,31,34). The normalized spacial score (nSPS) is 14.1. The molecule has 1 aliphatic heterocycles. The van der Waals surface area contributed by atoms with E-state index in [2.05, 4.69) is 22.3 Å². The Labute approximate surface area is 236 Å². The predicted molar refractivity (Wildman–Crippen MR) is 158 cm³/mol. The van der Waals surface area contributed by atoms with E-state index in [-0.39, 0.29) is 17.3 Å². The predicted octanol–water partition coefficient (Wildman–Crippen LogP) is 5.30. The molecule has 0 saturated carbocycles. The van der Waals surface area contributed by atoms with Gasteiger partial charge in [0.25, 0.3) is 10.0 Å². The van der Waals surface area contributed by atoms with E-state index in [0.29, 0.717) is 24.6 Å². The molecule has 0 bridgehead atoms. The third kappa shape index (κ3) is 8.00. The second-order valence-corrected chi connectivity index (χ2v) is 12.3. The van der Waals surface area contributed by atoms with Crippen LogP contribution in [0.5, 0.6) is 5.75 Å². The Morgan fingerprint density at radius 3 is 2.33 bits per heavy atom. The Hall–Kier alpha value is -3.01. The summed E-state index contributed by atoms with van der Waals surface area (Å²) in [5.74, 6) is 0.256. The van der Waals surface area contributed by atoms with E-state index in [9.17, 15) is 13.2 Å². The van der Waals surface area contributed by atoms with Gasteiger partial charge in [-0.3, -0.25) is 14.0 Å². The lowest BCUT2D eigenvalue weighted by Crippen LogP contribution is -2.40. The zero-order valence-corrected chi connectivity index (χ0v) is 24.3. The minimum absolute atomic E-state index is 0.132. The van der Waals surface area contributed by atoms with Gasteiger partial charge in [0.05, 0.1) is 17.2 Å². The molecule has 9 heteroatoms. The van der Waals surface area contributed by atoms with Crippen LogP contribution in [0.4, 0.5) is 5.69 Å². The van der Waals surface area contributed by atoms with Crippen molar-refractivity contribution < 1.29 is 17.9 Å². The molecule has 208 valence electrons. The first-order chi connectivity index (χ1) is 18.9. The van der Waals surface area contributed by atoms with Crippen molar-refractivity contribution in [1.29, 1.82) is 0 Å². The van der Waals surface area contributed by atoms with Gasteiger partial charge in [-0.05, 0) is 98.8 Å². The molecule has 7 nitrogen and oxygen atoms in total. The third-order valence-electron chi connectivity index (χ3n) is 6.71. The number of carbonyl (C=O) groups excluding carboxylic acids is 1. The lowest BCUT2D eigenvalue weighted by molar-refractivity contribution is -0.119. The smallest absolute Gasteiger partial charge is 0.264 e. The second kappa shape index (κ2) is 13.9. The maximum Gasteiger partial charge on any atom is 0.264 e. The molecule has 3 aromatic rings. The maximum atomic E-state index is 13.7. The summed E-state index contributed by atoms with van der Waals surface area (Å²) in [6, 6.07) is 21.7. The molecule has 39 heavy (non-hydrogen) atoms. The summed E-state index contributed by atoms with van der Waals surface area (Å²) in [6.45, 7) is 5.52. The summed E-state index contributed by atoms with van der Waals surface area (Å²) in [4.78, 5) is 16.7. The van der Waals surface area contributed by atoms with Gasteiger partial charge in [0, 0.05) is 18.0 Å². The van der Waals surface area contributed by atoms with Gasteiger partial charge in [-0.25, -0.2) is 8.42 Å². The first-order valence-electron chi connectivity index (χ1n) is 13.4. The minimum Gasteiger partial charge on any atom is -0.494 e. The number of nitrogens with one attached hydrogen (secondary N) is 1. The zero-order chi connectivity index (χ0) is 27.7. The van der Waals surface area contributed by atoms with Gasteiger partial charge in [-0.2, -0.15) is 0 Å². The van der Waals surface area contributed by atoms with E-state index in [0.717, 1.165) is 34.4 Å². The minimum atomic E-state index is -3.99. The van der Waals surface area contributed by atoms with Gasteiger partial charge in [-0.1, -0.05) is 30.7 Å². The molecular formula is C30H37N3O4S2. The molecule has 0 atom stereocenters. The van der Waals surface area contributed by atoms with Gasteiger partial charge in [0.1, 0.15) is 12.3 Å². The molecule has 0 aromatic heterocycles. The summed E-state index contributed by atoms with van der Waals surface area (Å²) in [5.41, 5.74) is 2.60. The molecule has 1 amide bonds. The van der Waals surface area contributed by atoms with Gasteiger partial charge in [0.15, 0.2) is 0 Å². The zero-order valence-electron chi connectivity index (χ0n) is 22.6. The van der Waals surface area contributed by atoms with Crippen LogP contribution in [0.15, 0.2) is 82.6 Å². The largest absolute Gasteiger partial charge is 0.494 e. The van der Waals surface area contributed by atoms with Crippen molar-refractivity contribution in [1.82, 2.24) is 10.2 Å². The number of hydrogen-bond acceptors (Lipinski definition) is 6. The first-order valence-corrected chi connectivity index (χ1v) is 16.0. The fraction of sp³-hybridized carbons (Fsp3) is 0.367. The fourth-order valence-electron chi connectivity index (χ4n) is 4.67. The number of rotatable bonds is 12. The second-order valence-electron chi connectivity index (χ2n) is 9.55. The van der Waals surface area contributed by atoms with Crippen molar-refractivity contribution in [3.05, 3.63) is 83.9 Å². The molecule has 0 unspecified atom stereocenters. The van der Waals surface area contributed by atoms with Crippen LogP contribution >= 0.6 is 11.8 Å². The van der Waals surface area contributed by atoms with Crippen LogP contribution in [0.25, 0.3) is 0 Å². The van der Waals surface area contributed by atoms with E-state index in [1.54, 1.807) is 48.5 Å². The number of likely N-dealkylation sites (tertiary alicyclic amines) is 1. The average Bonchev–Trinajstić information content (AvgIpc) is 2.96. The number of nitrogens with zero attached hydrogens (tertiary/aromatic N) is 2. The number of anilines is 1. The summed E-state index contributed by atoms with van der Waals surface area (Å²) in [6.07, 6.45) is 5.72. The van der Waals surface area contributed by atoms with Crippen molar-refractivity contribution in [2.24, 2.45) is 0 Å². The van der Waals surface area contributed by atoms with E-state index >= 15 is 0 Å². The highest BCUT2D eigenvalue weighted by Gasteiger charge is 2.27. The molecular weight excluding hydrogens is 530 g/mol. The number of ether oxygens (including phenoxy) is 1. The number of amides is 1. The lowest BCUT2D eigenvalue weighted by Gasteiger charge is -2.26. The maximum absolute atomic E-state index is 13.7. The van der Waals surface area contributed by atoms with Gasteiger partial charge in [-0.15, -0.1) is 11.8 Å². The summed E-state index contributed by atoms with van der Waals surface area (Å²) < 4.78 is 34.0. The highest BCUT2D eigenvalue weighted by molar-refractivity contribution is 7.98. The molecule has 1 N–H and O–H groups in total. The molecule has 1 saturated heterocycles. The molecule has 0 aliphatic carbocycles. The number of piperidine rings is 1. The van der Waals surface area contributed by atoms with Crippen molar-refractivity contribution in [3.8, 4) is 5.75 Å². The molecule has 3 aromatic carbocycles. The van der Waals surface area contributed by atoms with Crippen molar-refractivity contribution in [2.75, 3.05) is 36.8 Å². The third-order valence-corrected chi connectivity index (χ3v) is 9.24. The Kier molecular flexibility index (Phi) is 10.3. The van der Waals surface area contributed by atoms with Crippen LogP contribution in [0.2, 0.25) is 0 Å². The van der Waals surface area contributed by atoms with E-state index in [4.69, 9.17) is 4.74 Å². The highest BCUT2D eigenvalue weighted by Crippen LogP contribution is 2.27. The van der Waals surface area contributed by atoms with Crippen LogP contribution < -0.4 is 14.4 Å². The van der Waals surface area contributed by atoms with Gasteiger partial charge >= 0.3 is 0 Å². The Bertz CT molecular complexity index is 1320. The highest BCUT2D eigenvalue weighted by atomic mass is 32.2. The molecule has 0 radical (unpaired) electrons. The molecule has 4 rings (SSSR count). The van der Waals surface area contributed by atoms with Crippen LogP contribution in [0.3, 0.4) is 0 Å². The number of thioether (sulfide) groups is 1. The van der Waals surface area contributed by atoms with E-state index in [1.165, 1.54) is 36.6 Å². The van der Waals surface area contributed by atoms with Crippen molar-refractivity contribution in [2.45, 2.75) is 49.1 Å². The molecule has 1 fully saturated rings. The number of benzene rings is 3. The molecule has 0 spiro atoms. The van der Waals surface area contributed by atoms with Crippen LogP contribution in [0.1, 0.15) is 37.3 Å². The average molecular weight is 568 g/mol. The first kappa shape index (κ1) is 29.0. The SMILES string of the molecule is CCOc1ccc(N(CC(=O)NCc2cccc(CN3CCCCC3)c2)S(=O)(=O)c2ccc(SC)cc2)cc1. The fourth-order valence-corrected chi connectivity index (χ4v) is 6.50. The van der Waals surface area contributed by atoms with Crippen LogP contribution in [0, 0.1) is 0 Å². The number of sulfonamides is 1. The van der Waals surface area contributed by atoms with Gasteiger partial charge < -0.3 is 10.1 Å². The summed E-state index contributed by atoms with van der Waals surface area (Å²) >= 11 is 1.54. The topological polar surface area (TPSA) is 79.0 Å².